The molecule has 2 aromatic carbocycles. The fraction of sp³-hybridized carbons (Fsp3) is 0.250. The summed E-state index contributed by atoms with van der Waals surface area (Å²) in [7, 11) is 0. The Bertz CT molecular complexity index is 1280. The average molecular weight is 415 g/mol. The van der Waals surface area contributed by atoms with E-state index in [1.807, 2.05) is 35.1 Å². The minimum atomic E-state index is -0.510. The van der Waals surface area contributed by atoms with Crippen molar-refractivity contribution < 1.29 is 9.18 Å². The van der Waals surface area contributed by atoms with Gasteiger partial charge in [0.2, 0.25) is 0 Å². The average Bonchev–Trinajstić information content (AvgIpc) is 3.37. The van der Waals surface area contributed by atoms with Gasteiger partial charge in [-0.05, 0) is 24.1 Å². The third kappa shape index (κ3) is 3.56. The maximum atomic E-state index is 14.6. The van der Waals surface area contributed by atoms with E-state index in [0.29, 0.717) is 19.5 Å². The smallest absolute Gasteiger partial charge is 0.257 e. The van der Waals surface area contributed by atoms with Gasteiger partial charge in [-0.2, -0.15) is 15.3 Å². The lowest BCUT2D eigenvalue weighted by atomic mass is 10.0. The highest BCUT2D eigenvalue weighted by atomic mass is 19.1. The van der Waals surface area contributed by atoms with Gasteiger partial charge in [-0.25, -0.2) is 4.39 Å². The van der Waals surface area contributed by atoms with Crippen molar-refractivity contribution in [3.63, 3.8) is 0 Å². The van der Waals surface area contributed by atoms with Crippen LogP contribution >= 0.6 is 0 Å². The van der Waals surface area contributed by atoms with Crippen molar-refractivity contribution in [3.8, 4) is 0 Å². The van der Waals surface area contributed by atoms with Gasteiger partial charge in [-0.15, -0.1) is 0 Å². The maximum Gasteiger partial charge on any atom is 0.257 e. The number of aryl methyl sites for hydroxylation is 1. The van der Waals surface area contributed by atoms with Gasteiger partial charge >= 0.3 is 0 Å². The van der Waals surface area contributed by atoms with E-state index in [2.05, 4.69) is 22.2 Å². The second kappa shape index (κ2) is 7.91. The van der Waals surface area contributed by atoms with Gasteiger partial charge in [0.25, 0.3) is 5.91 Å². The predicted octanol–water partition coefficient (Wildman–Crippen LogP) is 4.12. The van der Waals surface area contributed by atoms with Crippen LogP contribution in [-0.4, -0.2) is 30.8 Å². The van der Waals surface area contributed by atoms with E-state index in [0.717, 1.165) is 46.3 Å². The van der Waals surface area contributed by atoms with Crippen LogP contribution in [0.4, 0.5) is 4.39 Å². The van der Waals surface area contributed by atoms with Crippen LogP contribution in [0.2, 0.25) is 0 Å². The van der Waals surface area contributed by atoms with Gasteiger partial charge in [-0.3, -0.25) is 9.48 Å². The summed E-state index contributed by atoms with van der Waals surface area (Å²) in [6.07, 6.45) is 4.98. The lowest BCUT2D eigenvalue weighted by Gasteiger charge is -2.17. The number of benzene rings is 2. The maximum absolute atomic E-state index is 14.6. The van der Waals surface area contributed by atoms with E-state index in [1.165, 1.54) is 6.07 Å². The molecular formula is C24H22FN5O. The summed E-state index contributed by atoms with van der Waals surface area (Å²) in [5.74, 6) is -0.813. The molecule has 156 valence electrons. The molecule has 0 fully saturated rings. The van der Waals surface area contributed by atoms with Crippen LogP contribution in [0.25, 0.3) is 10.8 Å². The number of carbonyl (C=O) groups excluding carboxylic acids is 1. The quantitative estimate of drug-likeness (QED) is 0.492. The minimum absolute atomic E-state index is 0.0887. The summed E-state index contributed by atoms with van der Waals surface area (Å²) in [5.41, 5.74) is 3.79. The molecule has 0 saturated heterocycles. The number of nitrogens with zero attached hydrogens (tertiary/aromatic N) is 5. The fourth-order valence-corrected chi connectivity index (χ4v) is 4.18. The number of hydrogen-bond donors (Lipinski definition) is 0. The van der Waals surface area contributed by atoms with Crippen molar-refractivity contribution in [1.29, 1.82) is 0 Å². The molecule has 1 amide bonds. The second-order valence-electron chi connectivity index (χ2n) is 7.87. The molecule has 7 heteroatoms. The van der Waals surface area contributed by atoms with Gasteiger partial charge in [0.15, 0.2) is 0 Å². The summed E-state index contributed by atoms with van der Waals surface area (Å²) in [4.78, 5) is 14.8. The van der Waals surface area contributed by atoms with E-state index in [1.54, 1.807) is 23.2 Å². The first-order chi connectivity index (χ1) is 15.1. The van der Waals surface area contributed by atoms with Crippen molar-refractivity contribution in [2.75, 3.05) is 0 Å². The molecule has 0 N–H and O–H groups in total. The van der Waals surface area contributed by atoms with Gasteiger partial charge < -0.3 is 4.90 Å². The summed E-state index contributed by atoms with van der Waals surface area (Å²) < 4.78 is 16.6. The second-order valence-corrected chi connectivity index (χ2v) is 7.87. The van der Waals surface area contributed by atoms with E-state index in [-0.39, 0.29) is 11.5 Å². The van der Waals surface area contributed by atoms with Crippen molar-refractivity contribution in [3.05, 3.63) is 88.8 Å². The van der Waals surface area contributed by atoms with E-state index < -0.39 is 5.82 Å². The number of halogens is 1. The molecule has 2 aromatic heterocycles. The molecule has 1 aliphatic heterocycles. The fourth-order valence-electron chi connectivity index (χ4n) is 4.18. The zero-order valence-electron chi connectivity index (χ0n) is 17.3. The van der Waals surface area contributed by atoms with Gasteiger partial charge in [0.05, 0.1) is 35.9 Å². The lowest BCUT2D eigenvalue weighted by molar-refractivity contribution is 0.0743. The standard InChI is InChI=1S/C24H22FN5O/c1-2-9-30-23-15-29(14-18(23)13-27-30)24(31)20-10-16(7-8-21(20)25)11-22-19-6-4-3-5-17(19)12-26-28-22/h3-8,10,12-13H,2,9,11,14-15H2,1H3. The van der Waals surface area contributed by atoms with Crippen molar-refractivity contribution in [2.24, 2.45) is 0 Å². The highest BCUT2D eigenvalue weighted by Crippen LogP contribution is 2.26. The van der Waals surface area contributed by atoms with Crippen LogP contribution in [0, 0.1) is 5.82 Å². The van der Waals surface area contributed by atoms with E-state index in [4.69, 9.17) is 0 Å². The molecule has 0 spiro atoms. The van der Waals surface area contributed by atoms with E-state index >= 15 is 0 Å². The lowest BCUT2D eigenvalue weighted by Crippen LogP contribution is -2.27. The summed E-state index contributed by atoms with van der Waals surface area (Å²) >= 11 is 0. The van der Waals surface area contributed by atoms with Gasteiger partial charge in [0, 0.05) is 35.8 Å². The molecule has 0 saturated carbocycles. The highest BCUT2D eigenvalue weighted by Gasteiger charge is 2.29. The van der Waals surface area contributed by atoms with Crippen LogP contribution in [0.15, 0.2) is 54.9 Å². The number of carbonyl (C=O) groups is 1. The molecule has 4 aromatic rings. The Morgan fingerprint density at radius 2 is 2.00 bits per heavy atom. The molecule has 6 nitrogen and oxygen atoms in total. The Labute approximate surface area is 179 Å². The first-order valence-corrected chi connectivity index (χ1v) is 10.4. The summed E-state index contributed by atoms with van der Waals surface area (Å²) in [6.45, 7) is 3.81. The largest absolute Gasteiger partial charge is 0.328 e. The minimum Gasteiger partial charge on any atom is -0.328 e. The molecule has 3 heterocycles. The normalized spacial score (nSPS) is 13.0. The topological polar surface area (TPSA) is 63.9 Å². The first-order valence-electron chi connectivity index (χ1n) is 10.4. The molecule has 0 unspecified atom stereocenters. The number of hydrogen-bond acceptors (Lipinski definition) is 4. The predicted molar refractivity (Wildman–Crippen MR) is 115 cm³/mol. The van der Waals surface area contributed by atoms with Crippen molar-refractivity contribution in [2.45, 2.75) is 39.4 Å². The SMILES string of the molecule is CCCn1ncc2c1CN(C(=O)c1cc(Cc3nncc4ccccc34)ccc1F)C2. The summed E-state index contributed by atoms with van der Waals surface area (Å²) in [6, 6.07) is 12.6. The molecule has 0 aliphatic carbocycles. The zero-order chi connectivity index (χ0) is 21.4. The Kier molecular flexibility index (Phi) is 4.94. The van der Waals surface area contributed by atoms with Crippen LogP contribution in [0.1, 0.15) is 46.2 Å². The Hall–Kier alpha value is -3.61. The molecule has 0 radical (unpaired) electrons. The number of aromatic nitrogens is 4. The molecule has 31 heavy (non-hydrogen) atoms. The number of rotatable bonds is 5. The summed E-state index contributed by atoms with van der Waals surface area (Å²) in [5, 5.41) is 14.8. The van der Waals surface area contributed by atoms with E-state index in [9.17, 15) is 9.18 Å². The number of fused-ring (bicyclic) bond motifs is 2. The van der Waals surface area contributed by atoms with Crippen LogP contribution in [0.5, 0.6) is 0 Å². The van der Waals surface area contributed by atoms with Gasteiger partial charge in [-0.1, -0.05) is 37.3 Å². The number of amides is 1. The van der Waals surface area contributed by atoms with Crippen molar-refractivity contribution >= 4 is 16.7 Å². The third-order valence-electron chi connectivity index (χ3n) is 5.74. The van der Waals surface area contributed by atoms with Crippen molar-refractivity contribution in [1.82, 2.24) is 24.9 Å². The van der Waals surface area contributed by atoms with Gasteiger partial charge in [0.1, 0.15) is 5.82 Å². The zero-order valence-corrected chi connectivity index (χ0v) is 17.3. The first kappa shape index (κ1) is 19.4. The molecule has 0 atom stereocenters. The van der Waals surface area contributed by atoms with Crippen LogP contribution < -0.4 is 0 Å². The highest BCUT2D eigenvalue weighted by molar-refractivity contribution is 5.95. The molecule has 0 bridgehead atoms. The Balaban J connectivity index is 1.40. The Morgan fingerprint density at radius 1 is 1.13 bits per heavy atom. The molecular weight excluding hydrogens is 393 g/mol. The molecule has 5 rings (SSSR count). The van der Waals surface area contributed by atoms with Crippen LogP contribution in [0.3, 0.4) is 0 Å². The van der Waals surface area contributed by atoms with Crippen LogP contribution in [-0.2, 0) is 26.1 Å². The monoisotopic (exact) mass is 415 g/mol. The third-order valence-corrected chi connectivity index (χ3v) is 5.74. The molecule has 1 aliphatic rings. The Morgan fingerprint density at radius 3 is 2.87 bits per heavy atom.